The van der Waals surface area contributed by atoms with Gasteiger partial charge in [0.2, 0.25) is 0 Å². The molecule has 3 aromatic rings. The van der Waals surface area contributed by atoms with E-state index < -0.39 is 0 Å². The molecule has 0 saturated carbocycles. The predicted molar refractivity (Wildman–Crippen MR) is 91.0 cm³/mol. The number of nitrogens with one attached hydrogen (secondary N) is 2. The molecule has 2 heterocycles. The van der Waals surface area contributed by atoms with Gasteiger partial charge in [-0.1, -0.05) is 45.7 Å². The van der Waals surface area contributed by atoms with E-state index in [2.05, 4.69) is 50.5 Å². The molecule has 1 unspecified atom stereocenters. The first-order valence-corrected chi connectivity index (χ1v) is 8.19. The summed E-state index contributed by atoms with van der Waals surface area (Å²) in [5, 5.41) is 5.69. The van der Waals surface area contributed by atoms with E-state index in [9.17, 15) is 0 Å². The van der Waals surface area contributed by atoms with E-state index in [4.69, 9.17) is 11.6 Å². The Kier molecular flexibility index (Phi) is 3.29. The van der Waals surface area contributed by atoms with Gasteiger partial charge in [0.15, 0.2) is 0 Å². The van der Waals surface area contributed by atoms with E-state index in [1.807, 2.05) is 18.2 Å². The number of fused-ring (bicyclic) bond motifs is 3. The van der Waals surface area contributed by atoms with Crippen LogP contribution < -0.4 is 5.32 Å². The molecule has 4 rings (SSSR count). The molecule has 0 amide bonds. The molecule has 0 radical (unpaired) electrons. The number of rotatable bonds is 1. The number of halogens is 2. The Labute approximate surface area is 136 Å². The van der Waals surface area contributed by atoms with Crippen LogP contribution in [0.2, 0.25) is 5.02 Å². The number of aromatic nitrogens is 1. The zero-order valence-electron chi connectivity index (χ0n) is 11.3. The average Bonchev–Trinajstić information content (AvgIpc) is 2.86. The third-order valence-electron chi connectivity index (χ3n) is 4.13. The Morgan fingerprint density at radius 1 is 1.14 bits per heavy atom. The van der Waals surface area contributed by atoms with Gasteiger partial charge in [-0.2, -0.15) is 0 Å². The lowest BCUT2D eigenvalue weighted by Gasteiger charge is -2.25. The Morgan fingerprint density at radius 3 is 2.86 bits per heavy atom. The van der Waals surface area contributed by atoms with Gasteiger partial charge in [0.25, 0.3) is 0 Å². The summed E-state index contributed by atoms with van der Waals surface area (Å²) in [5.41, 5.74) is 4.95. The molecule has 1 aliphatic rings. The molecule has 0 saturated heterocycles. The van der Waals surface area contributed by atoms with Gasteiger partial charge in [-0.25, -0.2) is 0 Å². The topological polar surface area (TPSA) is 27.8 Å². The van der Waals surface area contributed by atoms with Crippen LogP contribution >= 0.6 is 27.5 Å². The summed E-state index contributed by atoms with van der Waals surface area (Å²) in [4.78, 5) is 3.58. The molecule has 1 aliphatic heterocycles. The monoisotopic (exact) mass is 360 g/mol. The van der Waals surface area contributed by atoms with Crippen LogP contribution in [0.3, 0.4) is 0 Å². The van der Waals surface area contributed by atoms with Crippen molar-refractivity contribution in [2.24, 2.45) is 0 Å². The van der Waals surface area contributed by atoms with Crippen molar-refractivity contribution < 1.29 is 0 Å². The van der Waals surface area contributed by atoms with E-state index in [1.54, 1.807) is 0 Å². The normalized spacial score (nSPS) is 17.9. The van der Waals surface area contributed by atoms with Crippen molar-refractivity contribution in [3.05, 3.63) is 68.8 Å². The second-order valence-corrected chi connectivity index (χ2v) is 6.69. The summed E-state index contributed by atoms with van der Waals surface area (Å²) in [5.74, 6) is 0. The van der Waals surface area contributed by atoms with Crippen molar-refractivity contribution in [3.8, 4) is 0 Å². The zero-order chi connectivity index (χ0) is 14.4. The quantitative estimate of drug-likeness (QED) is 0.639. The first-order chi connectivity index (χ1) is 10.2. The first-order valence-electron chi connectivity index (χ1n) is 7.02. The second-order valence-electron chi connectivity index (χ2n) is 5.37. The smallest absolute Gasteiger partial charge is 0.0746 e. The van der Waals surface area contributed by atoms with Crippen molar-refractivity contribution >= 4 is 38.4 Å². The van der Waals surface area contributed by atoms with Crippen molar-refractivity contribution in [1.82, 2.24) is 10.3 Å². The number of aromatic amines is 1. The summed E-state index contributed by atoms with van der Waals surface area (Å²) >= 11 is 9.95. The highest BCUT2D eigenvalue weighted by molar-refractivity contribution is 9.10. The molecule has 0 fully saturated rings. The minimum absolute atomic E-state index is 0.133. The maximum absolute atomic E-state index is 6.39. The average molecular weight is 362 g/mol. The molecule has 2 aromatic carbocycles. The first kappa shape index (κ1) is 13.4. The molecule has 21 heavy (non-hydrogen) atoms. The van der Waals surface area contributed by atoms with Crippen LogP contribution in [-0.4, -0.2) is 11.5 Å². The molecule has 106 valence electrons. The van der Waals surface area contributed by atoms with Gasteiger partial charge in [-0.05, 0) is 41.8 Å². The molecule has 2 N–H and O–H groups in total. The largest absolute Gasteiger partial charge is 0.357 e. The van der Waals surface area contributed by atoms with Crippen molar-refractivity contribution in [2.45, 2.75) is 12.5 Å². The molecular weight excluding hydrogens is 348 g/mol. The van der Waals surface area contributed by atoms with Crippen LogP contribution in [0, 0.1) is 0 Å². The molecule has 0 spiro atoms. The summed E-state index contributed by atoms with van der Waals surface area (Å²) < 4.78 is 1.12. The van der Waals surface area contributed by atoms with Crippen LogP contribution in [-0.2, 0) is 6.42 Å². The van der Waals surface area contributed by atoms with E-state index in [0.29, 0.717) is 0 Å². The fourth-order valence-electron chi connectivity index (χ4n) is 3.17. The highest BCUT2D eigenvalue weighted by atomic mass is 79.9. The third-order valence-corrected chi connectivity index (χ3v) is 4.97. The van der Waals surface area contributed by atoms with E-state index in [0.717, 1.165) is 28.0 Å². The van der Waals surface area contributed by atoms with Crippen molar-refractivity contribution in [1.29, 1.82) is 0 Å². The van der Waals surface area contributed by atoms with Crippen LogP contribution in [0.1, 0.15) is 22.9 Å². The molecule has 1 atom stereocenters. The lowest BCUT2D eigenvalue weighted by molar-refractivity contribution is 0.560. The maximum atomic E-state index is 6.39. The molecule has 4 heteroatoms. The zero-order valence-corrected chi connectivity index (χ0v) is 13.6. The highest BCUT2D eigenvalue weighted by Gasteiger charge is 2.26. The Morgan fingerprint density at radius 2 is 2.00 bits per heavy atom. The van der Waals surface area contributed by atoms with Gasteiger partial charge in [-0.15, -0.1) is 0 Å². The second kappa shape index (κ2) is 5.16. The summed E-state index contributed by atoms with van der Waals surface area (Å²) in [6.45, 7) is 0.961. The number of benzene rings is 2. The Bertz CT molecular complexity index is 825. The molecule has 1 aromatic heterocycles. The fourth-order valence-corrected chi connectivity index (χ4v) is 3.78. The third kappa shape index (κ3) is 2.20. The van der Waals surface area contributed by atoms with Crippen LogP contribution in [0.4, 0.5) is 0 Å². The van der Waals surface area contributed by atoms with Gasteiger partial charge >= 0.3 is 0 Å². The molecule has 2 nitrogen and oxygen atoms in total. The van der Waals surface area contributed by atoms with Gasteiger partial charge in [0.1, 0.15) is 0 Å². The Hall–Kier alpha value is -1.29. The predicted octanol–water partition coefficient (Wildman–Crippen LogP) is 4.82. The molecular formula is C17H14BrClN2. The Balaban J connectivity index is 1.92. The highest BCUT2D eigenvalue weighted by Crippen LogP contribution is 2.36. The van der Waals surface area contributed by atoms with Gasteiger partial charge < -0.3 is 10.3 Å². The van der Waals surface area contributed by atoms with Gasteiger partial charge in [0, 0.05) is 32.6 Å². The summed E-state index contributed by atoms with van der Waals surface area (Å²) in [6.07, 6.45) is 1.03. The lowest BCUT2D eigenvalue weighted by Crippen LogP contribution is -2.30. The maximum Gasteiger partial charge on any atom is 0.0746 e. The van der Waals surface area contributed by atoms with Crippen LogP contribution in [0.15, 0.2) is 46.9 Å². The minimum atomic E-state index is 0.133. The van der Waals surface area contributed by atoms with E-state index >= 15 is 0 Å². The minimum Gasteiger partial charge on any atom is -0.357 e. The number of H-pyrrole nitrogens is 1. The van der Waals surface area contributed by atoms with Crippen molar-refractivity contribution in [3.63, 3.8) is 0 Å². The summed E-state index contributed by atoms with van der Waals surface area (Å²) in [6, 6.07) is 14.6. The van der Waals surface area contributed by atoms with Gasteiger partial charge in [0.05, 0.1) is 6.04 Å². The van der Waals surface area contributed by atoms with Crippen LogP contribution in [0.5, 0.6) is 0 Å². The molecule has 0 bridgehead atoms. The van der Waals surface area contributed by atoms with E-state index in [1.165, 1.54) is 22.2 Å². The lowest BCUT2D eigenvalue weighted by atomic mass is 9.94. The fraction of sp³-hybridized carbons (Fsp3) is 0.176. The SMILES string of the molecule is Clc1ccccc1C1NCCc2c1[nH]c1ccc(Br)cc21. The number of hydrogen-bond donors (Lipinski definition) is 2. The number of hydrogen-bond acceptors (Lipinski definition) is 1. The van der Waals surface area contributed by atoms with Crippen LogP contribution in [0.25, 0.3) is 10.9 Å². The van der Waals surface area contributed by atoms with E-state index in [-0.39, 0.29) is 6.04 Å². The standard InChI is InChI=1S/C17H14BrClN2/c18-10-5-6-15-13(9-10)11-7-8-20-16(17(11)21-15)12-3-1-2-4-14(12)19/h1-6,9,16,20-21H,7-8H2. The summed E-state index contributed by atoms with van der Waals surface area (Å²) in [7, 11) is 0. The van der Waals surface area contributed by atoms with Gasteiger partial charge in [-0.3, -0.25) is 0 Å². The molecule has 0 aliphatic carbocycles. The van der Waals surface area contributed by atoms with Crippen molar-refractivity contribution in [2.75, 3.05) is 6.54 Å².